The number of nitrogens with one attached hydrogen (secondary N) is 2. The van der Waals surface area contributed by atoms with Crippen LogP contribution in [0.4, 0.5) is 0 Å². The van der Waals surface area contributed by atoms with Crippen LogP contribution in [0.15, 0.2) is 0 Å². The molecule has 0 aromatic carbocycles. The van der Waals surface area contributed by atoms with Crippen molar-refractivity contribution in [2.75, 3.05) is 26.8 Å². The van der Waals surface area contributed by atoms with Gasteiger partial charge in [0.15, 0.2) is 0 Å². The van der Waals surface area contributed by atoms with Gasteiger partial charge in [0, 0.05) is 13.1 Å². The molecule has 1 saturated heterocycles. The molecule has 1 aliphatic rings. The number of carbonyl (C=O) groups excluding carboxylic acids is 1. The van der Waals surface area contributed by atoms with E-state index in [1.807, 2.05) is 6.92 Å². The number of ether oxygens (including phenoxy) is 1. The molecule has 0 bridgehead atoms. The standard InChI is InChI=1S/C7H14N2O3/c1-7(4-8-5-7)12-3-6(10)9-11-2/h8H,3-5H2,1-2H3,(H,9,10). The minimum atomic E-state index is -0.259. The Labute approximate surface area is 71.4 Å². The van der Waals surface area contributed by atoms with Crippen molar-refractivity contribution >= 4 is 5.91 Å². The molecule has 5 heteroatoms. The van der Waals surface area contributed by atoms with Crippen LogP contribution in [0.1, 0.15) is 6.92 Å². The summed E-state index contributed by atoms with van der Waals surface area (Å²) in [6.45, 7) is 3.61. The van der Waals surface area contributed by atoms with Gasteiger partial charge in [0.1, 0.15) is 6.61 Å². The number of amides is 1. The highest BCUT2D eigenvalue weighted by molar-refractivity contribution is 5.76. The number of hydrogen-bond acceptors (Lipinski definition) is 4. The monoisotopic (exact) mass is 174 g/mol. The van der Waals surface area contributed by atoms with Crippen LogP contribution >= 0.6 is 0 Å². The van der Waals surface area contributed by atoms with Crippen molar-refractivity contribution in [2.45, 2.75) is 12.5 Å². The first kappa shape index (κ1) is 9.44. The van der Waals surface area contributed by atoms with Crippen LogP contribution in [-0.4, -0.2) is 38.3 Å². The summed E-state index contributed by atoms with van der Waals surface area (Å²) < 4.78 is 5.33. The lowest BCUT2D eigenvalue weighted by molar-refractivity contribution is -0.145. The molecule has 70 valence electrons. The fourth-order valence-electron chi connectivity index (χ4n) is 0.962. The third kappa shape index (κ3) is 2.44. The van der Waals surface area contributed by atoms with Crippen LogP contribution in [0.3, 0.4) is 0 Å². The first-order valence-electron chi connectivity index (χ1n) is 3.83. The Morgan fingerprint density at radius 2 is 2.33 bits per heavy atom. The smallest absolute Gasteiger partial charge is 0.269 e. The molecule has 0 aromatic heterocycles. The van der Waals surface area contributed by atoms with E-state index in [0.29, 0.717) is 0 Å². The van der Waals surface area contributed by atoms with Crippen LogP contribution in [0.25, 0.3) is 0 Å². The molecule has 0 atom stereocenters. The van der Waals surface area contributed by atoms with E-state index >= 15 is 0 Å². The molecular weight excluding hydrogens is 160 g/mol. The predicted octanol–water partition coefficient (Wildman–Crippen LogP) is -0.957. The van der Waals surface area contributed by atoms with E-state index in [2.05, 4.69) is 15.6 Å². The van der Waals surface area contributed by atoms with Gasteiger partial charge in [-0.15, -0.1) is 0 Å². The summed E-state index contributed by atoms with van der Waals surface area (Å²) in [5.41, 5.74) is 2.01. The number of rotatable bonds is 4. The molecule has 1 fully saturated rings. The lowest BCUT2D eigenvalue weighted by Gasteiger charge is -2.38. The molecule has 0 radical (unpaired) electrons. The minimum absolute atomic E-state index is 0.0476. The van der Waals surface area contributed by atoms with Gasteiger partial charge in [-0.1, -0.05) is 0 Å². The van der Waals surface area contributed by atoms with E-state index in [1.165, 1.54) is 7.11 Å². The van der Waals surface area contributed by atoms with Crippen molar-refractivity contribution in [2.24, 2.45) is 0 Å². The lowest BCUT2D eigenvalue weighted by Crippen LogP contribution is -2.59. The van der Waals surface area contributed by atoms with E-state index in [1.54, 1.807) is 0 Å². The Morgan fingerprint density at radius 1 is 1.67 bits per heavy atom. The molecule has 12 heavy (non-hydrogen) atoms. The summed E-state index contributed by atoms with van der Waals surface area (Å²) in [6.07, 6.45) is 0. The second kappa shape index (κ2) is 3.84. The molecule has 1 rings (SSSR count). The van der Waals surface area contributed by atoms with Gasteiger partial charge in [0.2, 0.25) is 0 Å². The summed E-state index contributed by atoms with van der Waals surface area (Å²) in [5, 5.41) is 3.07. The summed E-state index contributed by atoms with van der Waals surface area (Å²) in [5.74, 6) is -0.259. The summed E-state index contributed by atoms with van der Waals surface area (Å²) in [6, 6.07) is 0. The van der Waals surface area contributed by atoms with Gasteiger partial charge < -0.3 is 10.1 Å². The molecule has 1 heterocycles. The molecule has 0 aliphatic carbocycles. The van der Waals surface area contributed by atoms with Gasteiger partial charge in [-0.25, -0.2) is 5.48 Å². The highest BCUT2D eigenvalue weighted by atomic mass is 16.6. The maximum atomic E-state index is 10.8. The van der Waals surface area contributed by atoms with E-state index in [-0.39, 0.29) is 18.1 Å². The molecule has 0 aromatic rings. The highest BCUT2D eigenvalue weighted by Gasteiger charge is 2.32. The third-order valence-electron chi connectivity index (χ3n) is 1.77. The molecule has 0 saturated carbocycles. The fraction of sp³-hybridized carbons (Fsp3) is 0.857. The first-order valence-corrected chi connectivity index (χ1v) is 3.83. The Bertz CT molecular complexity index is 168. The van der Waals surface area contributed by atoms with E-state index in [4.69, 9.17) is 4.74 Å². The van der Waals surface area contributed by atoms with Gasteiger partial charge >= 0.3 is 0 Å². The van der Waals surface area contributed by atoms with Gasteiger partial charge in [-0.3, -0.25) is 9.63 Å². The molecular formula is C7H14N2O3. The van der Waals surface area contributed by atoms with Crippen LogP contribution < -0.4 is 10.8 Å². The van der Waals surface area contributed by atoms with E-state index in [0.717, 1.165) is 13.1 Å². The average molecular weight is 174 g/mol. The largest absolute Gasteiger partial charge is 0.363 e. The van der Waals surface area contributed by atoms with Gasteiger partial charge in [-0.2, -0.15) is 0 Å². The topological polar surface area (TPSA) is 59.6 Å². The van der Waals surface area contributed by atoms with Gasteiger partial charge in [0.05, 0.1) is 12.7 Å². The molecule has 1 amide bonds. The van der Waals surface area contributed by atoms with Crippen molar-refractivity contribution in [1.82, 2.24) is 10.8 Å². The van der Waals surface area contributed by atoms with Crippen LogP contribution in [-0.2, 0) is 14.4 Å². The highest BCUT2D eigenvalue weighted by Crippen LogP contribution is 2.14. The molecule has 0 unspecified atom stereocenters. The molecule has 2 N–H and O–H groups in total. The van der Waals surface area contributed by atoms with Crippen LogP contribution in [0.2, 0.25) is 0 Å². The van der Waals surface area contributed by atoms with Crippen molar-refractivity contribution in [3.63, 3.8) is 0 Å². The van der Waals surface area contributed by atoms with Crippen molar-refractivity contribution in [3.8, 4) is 0 Å². The Kier molecular flexibility index (Phi) is 3.02. The maximum absolute atomic E-state index is 10.8. The minimum Gasteiger partial charge on any atom is -0.363 e. The van der Waals surface area contributed by atoms with Gasteiger partial charge in [0.25, 0.3) is 5.91 Å². The molecule has 5 nitrogen and oxygen atoms in total. The molecule has 0 spiro atoms. The SMILES string of the molecule is CONC(=O)COC1(C)CNC1. The fourth-order valence-corrected chi connectivity index (χ4v) is 0.962. The van der Waals surface area contributed by atoms with Crippen LogP contribution in [0, 0.1) is 0 Å². The van der Waals surface area contributed by atoms with Crippen LogP contribution in [0.5, 0.6) is 0 Å². The zero-order valence-corrected chi connectivity index (χ0v) is 7.35. The van der Waals surface area contributed by atoms with Crippen molar-refractivity contribution < 1.29 is 14.4 Å². The summed E-state index contributed by atoms with van der Waals surface area (Å²) in [7, 11) is 1.39. The van der Waals surface area contributed by atoms with E-state index in [9.17, 15) is 4.79 Å². The zero-order valence-electron chi connectivity index (χ0n) is 7.35. The summed E-state index contributed by atoms with van der Waals surface area (Å²) >= 11 is 0. The molecule has 1 aliphatic heterocycles. The normalized spacial score (nSPS) is 19.8. The third-order valence-corrected chi connectivity index (χ3v) is 1.77. The van der Waals surface area contributed by atoms with Gasteiger partial charge in [-0.05, 0) is 6.92 Å². The van der Waals surface area contributed by atoms with Crippen molar-refractivity contribution in [1.29, 1.82) is 0 Å². The Hall–Kier alpha value is -0.650. The summed E-state index contributed by atoms with van der Waals surface area (Å²) in [4.78, 5) is 15.3. The Balaban J connectivity index is 2.12. The van der Waals surface area contributed by atoms with Crippen molar-refractivity contribution in [3.05, 3.63) is 0 Å². The van der Waals surface area contributed by atoms with E-state index < -0.39 is 0 Å². The number of hydroxylamine groups is 1. The zero-order chi connectivity index (χ0) is 9.03. The number of carbonyl (C=O) groups is 1. The number of hydrogen-bond donors (Lipinski definition) is 2. The second-order valence-electron chi connectivity index (χ2n) is 3.07. The Morgan fingerprint density at radius 3 is 2.75 bits per heavy atom. The quantitative estimate of drug-likeness (QED) is 0.539. The maximum Gasteiger partial charge on any atom is 0.269 e. The lowest BCUT2D eigenvalue weighted by atomic mass is 10.0. The average Bonchev–Trinajstić information content (AvgIpc) is 1.98. The predicted molar refractivity (Wildman–Crippen MR) is 42.4 cm³/mol. The second-order valence-corrected chi connectivity index (χ2v) is 3.07. The first-order chi connectivity index (χ1) is 5.66.